The highest BCUT2D eigenvalue weighted by atomic mass is 16.5. The van der Waals surface area contributed by atoms with E-state index in [2.05, 4.69) is 17.4 Å². The van der Waals surface area contributed by atoms with E-state index < -0.39 is 12.1 Å². The number of aliphatic carboxylic acids is 1. The van der Waals surface area contributed by atoms with Gasteiger partial charge in [0.1, 0.15) is 12.4 Å². The summed E-state index contributed by atoms with van der Waals surface area (Å²) in [4.78, 5) is 26.1. The lowest BCUT2D eigenvalue weighted by atomic mass is 10.1. The summed E-state index contributed by atoms with van der Waals surface area (Å²) in [5.74, 6) is -0.306. The molecule has 196 valence electrons. The number of hydrogen-bond donors (Lipinski definition) is 2. The van der Waals surface area contributed by atoms with Crippen molar-refractivity contribution >= 4 is 17.7 Å². The number of benzene rings is 3. The number of rotatable bonds is 15. The minimum atomic E-state index is -0.972. The largest absolute Gasteiger partial charge is 0.492 e. The zero-order chi connectivity index (χ0) is 26.3. The van der Waals surface area contributed by atoms with Crippen LogP contribution in [0.1, 0.15) is 30.9 Å². The standard InChI is InChI=1S/C30H36N2O5/c1-2-36-28(29(33)34)23-25-16-18-27(19-17-25)37-22-21-32(30(35)31-26-14-7-4-8-15-26)20-10-9-13-24-11-5-3-6-12-24/h3-8,11-12,14-19,28H,2,9-10,13,20-23H2,1H3,(H,31,35)(H,33,34). The van der Waals surface area contributed by atoms with Gasteiger partial charge in [-0.15, -0.1) is 0 Å². The molecule has 0 spiro atoms. The van der Waals surface area contributed by atoms with Crippen LogP contribution in [0, 0.1) is 0 Å². The van der Waals surface area contributed by atoms with Crippen molar-refractivity contribution in [1.29, 1.82) is 0 Å². The number of nitrogens with zero attached hydrogens (tertiary/aromatic N) is 1. The summed E-state index contributed by atoms with van der Waals surface area (Å²) in [6.07, 6.45) is 2.27. The van der Waals surface area contributed by atoms with Gasteiger partial charge in [-0.2, -0.15) is 0 Å². The first kappa shape index (κ1) is 27.7. The fourth-order valence-corrected chi connectivity index (χ4v) is 3.94. The third-order valence-electron chi connectivity index (χ3n) is 5.92. The van der Waals surface area contributed by atoms with Crippen LogP contribution in [0.15, 0.2) is 84.9 Å². The molecular weight excluding hydrogens is 468 g/mol. The van der Waals surface area contributed by atoms with Crippen molar-refractivity contribution in [1.82, 2.24) is 4.90 Å². The monoisotopic (exact) mass is 504 g/mol. The van der Waals surface area contributed by atoms with Crippen LogP contribution in [0.2, 0.25) is 0 Å². The molecule has 2 N–H and O–H groups in total. The van der Waals surface area contributed by atoms with Crippen LogP contribution < -0.4 is 10.1 Å². The zero-order valence-corrected chi connectivity index (χ0v) is 21.3. The Morgan fingerprint density at radius 1 is 0.865 bits per heavy atom. The average molecular weight is 505 g/mol. The molecule has 0 aliphatic rings. The number of para-hydroxylation sites is 1. The number of carbonyl (C=O) groups is 2. The minimum absolute atomic E-state index is 0.152. The average Bonchev–Trinajstić information content (AvgIpc) is 2.91. The van der Waals surface area contributed by atoms with E-state index in [-0.39, 0.29) is 6.03 Å². The predicted molar refractivity (Wildman–Crippen MR) is 145 cm³/mol. The van der Waals surface area contributed by atoms with E-state index in [1.165, 1.54) is 5.56 Å². The lowest BCUT2D eigenvalue weighted by molar-refractivity contribution is -0.149. The molecule has 0 aliphatic heterocycles. The molecule has 7 heteroatoms. The zero-order valence-electron chi connectivity index (χ0n) is 21.3. The summed E-state index contributed by atoms with van der Waals surface area (Å²) in [5.41, 5.74) is 2.91. The van der Waals surface area contributed by atoms with Crippen LogP contribution in [0.3, 0.4) is 0 Å². The highest BCUT2D eigenvalue weighted by Gasteiger charge is 2.18. The number of unbranched alkanes of at least 4 members (excludes halogenated alkanes) is 1. The van der Waals surface area contributed by atoms with Crippen LogP contribution in [-0.2, 0) is 22.4 Å². The molecule has 1 unspecified atom stereocenters. The quantitative estimate of drug-likeness (QED) is 0.261. The van der Waals surface area contributed by atoms with Gasteiger partial charge < -0.3 is 24.8 Å². The Morgan fingerprint density at radius 3 is 2.19 bits per heavy atom. The number of hydrogen-bond acceptors (Lipinski definition) is 4. The summed E-state index contributed by atoms with van der Waals surface area (Å²) < 4.78 is 11.2. The molecule has 0 bridgehead atoms. The van der Waals surface area contributed by atoms with Gasteiger partial charge in [-0.25, -0.2) is 9.59 Å². The van der Waals surface area contributed by atoms with Gasteiger partial charge in [0, 0.05) is 25.3 Å². The Kier molecular flexibility index (Phi) is 11.5. The van der Waals surface area contributed by atoms with Gasteiger partial charge in [0.25, 0.3) is 0 Å². The topological polar surface area (TPSA) is 88.1 Å². The molecule has 0 fully saturated rings. The van der Waals surface area contributed by atoms with Crippen molar-refractivity contribution in [2.75, 3.05) is 31.6 Å². The lowest BCUT2D eigenvalue weighted by Gasteiger charge is -2.23. The molecule has 0 saturated heterocycles. The first-order valence-electron chi connectivity index (χ1n) is 12.8. The fraction of sp³-hybridized carbons (Fsp3) is 0.333. The Labute approximate surface area is 219 Å². The number of amides is 2. The summed E-state index contributed by atoms with van der Waals surface area (Å²) >= 11 is 0. The minimum Gasteiger partial charge on any atom is -0.492 e. The van der Waals surface area contributed by atoms with Crippen LogP contribution in [0.25, 0.3) is 0 Å². The van der Waals surface area contributed by atoms with Crippen LogP contribution >= 0.6 is 0 Å². The van der Waals surface area contributed by atoms with Crippen molar-refractivity contribution < 1.29 is 24.2 Å². The number of carboxylic acids is 1. The molecular formula is C30H36N2O5. The van der Waals surface area contributed by atoms with Gasteiger partial charge in [-0.1, -0.05) is 60.7 Å². The smallest absolute Gasteiger partial charge is 0.333 e. The van der Waals surface area contributed by atoms with Crippen LogP contribution in [0.4, 0.5) is 10.5 Å². The predicted octanol–water partition coefficient (Wildman–Crippen LogP) is 5.65. The molecule has 3 aromatic rings. The molecule has 3 rings (SSSR count). The summed E-state index contributed by atoms with van der Waals surface area (Å²) in [7, 11) is 0. The second kappa shape index (κ2) is 15.3. The van der Waals surface area contributed by atoms with Crippen LogP contribution in [0.5, 0.6) is 5.75 Å². The molecule has 1 atom stereocenters. The third-order valence-corrected chi connectivity index (χ3v) is 5.92. The Bertz CT molecular complexity index is 1070. The van der Waals surface area contributed by atoms with Crippen LogP contribution in [-0.4, -0.2) is 54.4 Å². The van der Waals surface area contributed by atoms with Crippen molar-refractivity contribution in [3.63, 3.8) is 0 Å². The number of ether oxygens (including phenoxy) is 2. The Morgan fingerprint density at radius 2 is 1.54 bits per heavy atom. The number of nitrogens with one attached hydrogen (secondary N) is 1. The fourth-order valence-electron chi connectivity index (χ4n) is 3.94. The second-order valence-electron chi connectivity index (χ2n) is 8.70. The van der Waals surface area contributed by atoms with Gasteiger partial charge in [0.15, 0.2) is 6.10 Å². The molecule has 7 nitrogen and oxygen atoms in total. The van der Waals surface area contributed by atoms with Crippen molar-refractivity contribution in [2.24, 2.45) is 0 Å². The van der Waals surface area contributed by atoms with Crippen molar-refractivity contribution in [3.05, 3.63) is 96.1 Å². The number of carbonyl (C=O) groups excluding carboxylic acids is 1. The van der Waals surface area contributed by atoms with E-state index in [1.807, 2.05) is 72.8 Å². The maximum Gasteiger partial charge on any atom is 0.333 e. The maximum atomic E-state index is 13.0. The van der Waals surface area contributed by atoms with E-state index in [0.717, 1.165) is 30.5 Å². The van der Waals surface area contributed by atoms with E-state index >= 15 is 0 Å². The van der Waals surface area contributed by atoms with Gasteiger partial charge in [-0.05, 0) is 61.6 Å². The normalized spacial score (nSPS) is 11.5. The second-order valence-corrected chi connectivity index (χ2v) is 8.70. The molecule has 0 aromatic heterocycles. The molecule has 37 heavy (non-hydrogen) atoms. The number of aryl methyl sites for hydroxylation is 1. The third kappa shape index (κ3) is 9.97. The number of urea groups is 1. The van der Waals surface area contributed by atoms with E-state index in [1.54, 1.807) is 11.8 Å². The van der Waals surface area contributed by atoms with E-state index in [4.69, 9.17) is 9.47 Å². The highest BCUT2D eigenvalue weighted by molar-refractivity contribution is 5.89. The van der Waals surface area contributed by atoms with E-state index in [9.17, 15) is 14.7 Å². The molecule has 0 radical (unpaired) electrons. The number of anilines is 1. The molecule has 2 amide bonds. The van der Waals surface area contributed by atoms with Crippen molar-refractivity contribution in [2.45, 2.75) is 38.7 Å². The Hall–Kier alpha value is -3.84. The SMILES string of the molecule is CCOC(Cc1ccc(OCCN(CCCCc2ccccc2)C(=O)Nc2ccccc2)cc1)C(=O)O. The first-order valence-corrected chi connectivity index (χ1v) is 12.8. The highest BCUT2D eigenvalue weighted by Crippen LogP contribution is 2.15. The van der Waals surface area contributed by atoms with Gasteiger partial charge in [-0.3, -0.25) is 0 Å². The summed E-state index contributed by atoms with van der Waals surface area (Å²) in [5, 5.41) is 12.2. The van der Waals surface area contributed by atoms with E-state index in [0.29, 0.717) is 38.5 Å². The van der Waals surface area contributed by atoms with Gasteiger partial charge in [0.2, 0.25) is 0 Å². The lowest BCUT2D eigenvalue weighted by Crippen LogP contribution is -2.38. The van der Waals surface area contributed by atoms with Gasteiger partial charge >= 0.3 is 12.0 Å². The summed E-state index contributed by atoms with van der Waals surface area (Å²) in [6.45, 7) is 3.54. The maximum absolute atomic E-state index is 13.0. The van der Waals surface area contributed by atoms with Gasteiger partial charge in [0.05, 0.1) is 6.54 Å². The molecule has 0 heterocycles. The van der Waals surface area contributed by atoms with Crippen molar-refractivity contribution in [3.8, 4) is 5.75 Å². The first-order chi connectivity index (χ1) is 18.0. The summed E-state index contributed by atoms with van der Waals surface area (Å²) in [6, 6.07) is 26.9. The number of carboxylic acid groups (broad SMARTS) is 1. The molecule has 0 aliphatic carbocycles. The molecule has 3 aromatic carbocycles. The Balaban J connectivity index is 1.51. The molecule has 0 saturated carbocycles.